The van der Waals surface area contributed by atoms with Gasteiger partial charge in [-0.15, -0.1) is 0 Å². The second-order valence-electron chi connectivity index (χ2n) is 8.00. The summed E-state index contributed by atoms with van der Waals surface area (Å²) in [5, 5.41) is 2.99. The van der Waals surface area contributed by atoms with Gasteiger partial charge >= 0.3 is 0 Å². The number of hydrogen-bond donors (Lipinski definition) is 1. The van der Waals surface area contributed by atoms with E-state index in [0.29, 0.717) is 6.54 Å². The number of likely N-dealkylation sites (tertiary alicyclic amines) is 1. The topological polar surface area (TPSA) is 69.7 Å². The highest BCUT2D eigenvalue weighted by Crippen LogP contribution is 2.60. The van der Waals surface area contributed by atoms with Crippen molar-refractivity contribution in [2.45, 2.75) is 44.2 Å². The molecule has 2 unspecified atom stereocenters. The van der Waals surface area contributed by atoms with E-state index in [4.69, 9.17) is 0 Å². The Bertz CT molecular complexity index is 872. The Balaban J connectivity index is 1.69. The number of rotatable bonds is 3. The Labute approximate surface area is 166 Å². The van der Waals surface area contributed by atoms with Crippen molar-refractivity contribution in [2.75, 3.05) is 18.4 Å². The first-order chi connectivity index (χ1) is 13.0. The highest BCUT2D eigenvalue weighted by molar-refractivity contribution is 9.10. The number of anilines is 1. The summed E-state index contributed by atoms with van der Waals surface area (Å²) < 4.78 is 0.871. The minimum absolute atomic E-state index is 0.0336. The number of benzene rings is 1. The normalized spacial score (nSPS) is 34.4. The van der Waals surface area contributed by atoms with Gasteiger partial charge in [-0.3, -0.25) is 24.2 Å². The van der Waals surface area contributed by atoms with Crippen molar-refractivity contribution >= 4 is 39.3 Å². The molecule has 5 rings (SSSR count). The van der Waals surface area contributed by atoms with Crippen LogP contribution in [0.4, 0.5) is 5.69 Å². The van der Waals surface area contributed by atoms with Gasteiger partial charge < -0.3 is 5.32 Å². The number of nitrogens with zero attached hydrogens (tertiary/aromatic N) is 2. The lowest BCUT2D eigenvalue weighted by atomic mass is 9.75. The van der Waals surface area contributed by atoms with Crippen LogP contribution in [0.2, 0.25) is 0 Å². The van der Waals surface area contributed by atoms with Gasteiger partial charge in [0.15, 0.2) is 0 Å². The second kappa shape index (κ2) is 5.88. The van der Waals surface area contributed by atoms with Crippen molar-refractivity contribution in [1.82, 2.24) is 9.80 Å². The average molecular weight is 432 g/mol. The first kappa shape index (κ1) is 17.4. The van der Waals surface area contributed by atoms with Crippen LogP contribution >= 0.6 is 15.9 Å². The van der Waals surface area contributed by atoms with E-state index in [0.717, 1.165) is 48.0 Å². The molecule has 0 aromatic heterocycles. The molecule has 0 saturated carbocycles. The van der Waals surface area contributed by atoms with Gasteiger partial charge in [-0.25, -0.2) is 0 Å². The minimum Gasteiger partial charge on any atom is -0.324 e. The Morgan fingerprint density at radius 1 is 1.26 bits per heavy atom. The fraction of sp³-hybridized carbons (Fsp3) is 0.550. The molecule has 4 aliphatic heterocycles. The molecule has 3 saturated heterocycles. The molecule has 3 fully saturated rings. The summed E-state index contributed by atoms with van der Waals surface area (Å²) in [7, 11) is 0. The van der Waals surface area contributed by atoms with E-state index in [2.05, 4.69) is 26.1 Å². The number of unbranched alkanes of at least 4 members (excludes halogenated alkanes) is 1. The van der Waals surface area contributed by atoms with E-state index in [-0.39, 0.29) is 23.8 Å². The number of halogens is 1. The molecule has 4 heterocycles. The van der Waals surface area contributed by atoms with Crippen LogP contribution in [0.15, 0.2) is 22.7 Å². The minimum atomic E-state index is -1.06. The van der Waals surface area contributed by atoms with E-state index in [9.17, 15) is 14.4 Å². The third kappa shape index (κ3) is 2.02. The Morgan fingerprint density at radius 2 is 2.07 bits per heavy atom. The molecule has 1 N–H and O–H groups in total. The molecule has 3 amide bonds. The fourth-order valence-electron chi connectivity index (χ4n) is 5.77. The number of carbonyl (C=O) groups is 3. The zero-order valence-corrected chi connectivity index (χ0v) is 16.8. The van der Waals surface area contributed by atoms with Crippen molar-refractivity contribution < 1.29 is 14.4 Å². The highest BCUT2D eigenvalue weighted by atomic mass is 79.9. The monoisotopic (exact) mass is 431 g/mol. The molecule has 142 valence electrons. The van der Waals surface area contributed by atoms with Crippen molar-refractivity contribution in [3.8, 4) is 0 Å². The zero-order valence-electron chi connectivity index (χ0n) is 15.2. The molecular formula is C20H22BrN3O3. The molecule has 1 aromatic carbocycles. The van der Waals surface area contributed by atoms with Gasteiger partial charge in [0.25, 0.3) is 0 Å². The van der Waals surface area contributed by atoms with Crippen LogP contribution in [0, 0.1) is 11.8 Å². The van der Waals surface area contributed by atoms with Crippen molar-refractivity contribution in [1.29, 1.82) is 0 Å². The molecule has 0 bridgehead atoms. The number of imide groups is 1. The Hall–Kier alpha value is -1.73. The maximum atomic E-state index is 13.4. The van der Waals surface area contributed by atoms with E-state index >= 15 is 0 Å². The summed E-state index contributed by atoms with van der Waals surface area (Å²) in [6.07, 6.45) is 3.53. The van der Waals surface area contributed by atoms with Crippen LogP contribution in [0.3, 0.4) is 0 Å². The summed E-state index contributed by atoms with van der Waals surface area (Å²) >= 11 is 3.51. The third-order valence-corrected chi connectivity index (χ3v) is 7.27. The standard InChI is InChI=1S/C20H22BrN3O3/c1-2-3-8-23-17(25)15-14-5-4-9-24(14)20(16(15)18(23)26)12-10-11(21)6-7-13(12)22-19(20)27/h6-7,10,14-16H,2-5,8-9H2,1H3,(H,22,27)/t14?,15-,16+,20?/m1/s1. The molecule has 1 aromatic rings. The Kier molecular flexibility index (Phi) is 3.78. The van der Waals surface area contributed by atoms with Crippen LogP contribution in [0.1, 0.15) is 38.2 Å². The molecule has 1 spiro atoms. The summed E-state index contributed by atoms with van der Waals surface area (Å²) in [6.45, 7) is 3.24. The number of amides is 3. The summed E-state index contributed by atoms with van der Waals surface area (Å²) in [5.41, 5.74) is 0.528. The summed E-state index contributed by atoms with van der Waals surface area (Å²) in [6, 6.07) is 5.67. The van der Waals surface area contributed by atoms with Gasteiger partial charge in [-0.1, -0.05) is 29.3 Å². The average Bonchev–Trinajstić information content (AvgIpc) is 3.33. The van der Waals surface area contributed by atoms with Crippen molar-refractivity contribution in [3.05, 3.63) is 28.2 Å². The van der Waals surface area contributed by atoms with Crippen molar-refractivity contribution in [2.24, 2.45) is 11.8 Å². The maximum Gasteiger partial charge on any atom is 0.250 e. The first-order valence-corrected chi connectivity index (χ1v) is 10.5. The van der Waals surface area contributed by atoms with E-state index in [1.807, 2.05) is 25.1 Å². The molecule has 0 radical (unpaired) electrons. The predicted molar refractivity (Wildman–Crippen MR) is 103 cm³/mol. The van der Waals surface area contributed by atoms with Crippen LogP contribution < -0.4 is 5.32 Å². The van der Waals surface area contributed by atoms with Gasteiger partial charge in [0.05, 0.1) is 11.8 Å². The van der Waals surface area contributed by atoms with Gasteiger partial charge in [-0.2, -0.15) is 0 Å². The fourth-order valence-corrected chi connectivity index (χ4v) is 6.13. The SMILES string of the molecule is CCCCN1C(=O)[C@@H]2C3CCCN3C3(C(=O)Nc4ccc(Br)cc43)[C@@H]2C1=O. The van der Waals surface area contributed by atoms with Gasteiger partial charge in [-0.05, 0) is 44.0 Å². The Morgan fingerprint density at radius 3 is 2.85 bits per heavy atom. The maximum absolute atomic E-state index is 13.4. The molecule has 0 aliphatic carbocycles. The second-order valence-corrected chi connectivity index (χ2v) is 8.91. The van der Waals surface area contributed by atoms with Gasteiger partial charge in [0.2, 0.25) is 17.7 Å². The quantitative estimate of drug-likeness (QED) is 0.746. The van der Waals surface area contributed by atoms with Crippen molar-refractivity contribution in [3.63, 3.8) is 0 Å². The van der Waals surface area contributed by atoms with Crippen LogP contribution in [-0.2, 0) is 19.9 Å². The number of carbonyl (C=O) groups excluding carboxylic acids is 3. The molecule has 4 aliphatic rings. The van der Waals surface area contributed by atoms with Gasteiger partial charge in [0, 0.05) is 28.3 Å². The smallest absolute Gasteiger partial charge is 0.250 e. The summed E-state index contributed by atoms with van der Waals surface area (Å²) in [5.74, 6) is -1.44. The summed E-state index contributed by atoms with van der Waals surface area (Å²) in [4.78, 5) is 43.6. The lowest BCUT2D eigenvalue weighted by Crippen LogP contribution is -2.54. The van der Waals surface area contributed by atoms with E-state index in [1.54, 1.807) is 0 Å². The first-order valence-electron chi connectivity index (χ1n) is 9.75. The largest absolute Gasteiger partial charge is 0.324 e. The number of hydrogen-bond acceptors (Lipinski definition) is 4. The molecule has 6 nitrogen and oxygen atoms in total. The zero-order chi connectivity index (χ0) is 18.9. The lowest BCUT2D eigenvalue weighted by Gasteiger charge is -2.36. The van der Waals surface area contributed by atoms with Gasteiger partial charge in [0.1, 0.15) is 5.54 Å². The molecule has 27 heavy (non-hydrogen) atoms. The van der Waals surface area contributed by atoms with E-state index < -0.39 is 17.4 Å². The number of fused-ring (bicyclic) bond motifs is 7. The van der Waals surface area contributed by atoms with Crippen LogP contribution in [0.5, 0.6) is 0 Å². The third-order valence-electron chi connectivity index (χ3n) is 6.78. The van der Waals surface area contributed by atoms with E-state index in [1.165, 1.54) is 4.90 Å². The molecular weight excluding hydrogens is 410 g/mol. The lowest BCUT2D eigenvalue weighted by molar-refractivity contribution is -0.145. The highest BCUT2D eigenvalue weighted by Gasteiger charge is 2.74. The molecule has 4 atom stereocenters. The predicted octanol–water partition coefficient (Wildman–Crippen LogP) is 2.48. The van der Waals surface area contributed by atoms with Crippen LogP contribution in [-0.4, -0.2) is 46.7 Å². The van der Waals surface area contributed by atoms with Crippen LogP contribution in [0.25, 0.3) is 0 Å². The number of nitrogens with one attached hydrogen (secondary N) is 1. The molecule has 7 heteroatoms.